The quantitative estimate of drug-likeness (QED) is 0.745. The van der Waals surface area contributed by atoms with Crippen LogP contribution >= 0.6 is 0 Å². The number of hydrogen-bond acceptors (Lipinski definition) is 4. The molecule has 1 atom stereocenters. The van der Waals surface area contributed by atoms with Gasteiger partial charge in [-0.2, -0.15) is 0 Å². The van der Waals surface area contributed by atoms with Crippen LogP contribution in [0.2, 0.25) is 0 Å². The zero-order valence-electron chi connectivity index (χ0n) is 10.6. The molecule has 0 bridgehead atoms. The molecular formula is C13H17N5. The summed E-state index contributed by atoms with van der Waals surface area (Å²) in [7, 11) is 0. The number of nitrogens with one attached hydrogen (secondary N) is 3. The van der Waals surface area contributed by atoms with Crippen molar-refractivity contribution in [2.75, 3.05) is 6.54 Å². The molecule has 2 heterocycles. The summed E-state index contributed by atoms with van der Waals surface area (Å²) in [6, 6.07) is 6.65. The average Bonchev–Trinajstić information content (AvgIpc) is 2.92. The summed E-state index contributed by atoms with van der Waals surface area (Å²) >= 11 is 0. The standard InChI is InChI=1S/C13H17N5/c1-8-3-4-10-11(5-8)18-12(17-10)7-15-13-14-6-9(2)16-13/h3-5,9H,6-7H2,1-2H3,(H,17,18)(H2,14,15,16). The molecule has 0 saturated carbocycles. The van der Waals surface area contributed by atoms with Gasteiger partial charge in [0.2, 0.25) is 0 Å². The second kappa shape index (κ2) is 4.33. The highest BCUT2D eigenvalue weighted by Crippen LogP contribution is 2.13. The number of benzene rings is 1. The predicted molar refractivity (Wildman–Crippen MR) is 72.6 cm³/mol. The smallest absolute Gasteiger partial charge is 0.191 e. The van der Waals surface area contributed by atoms with E-state index in [1.54, 1.807) is 0 Å². The molecule has 0 amide bonds. The van der Waals surface area contributed by atoms with E-state index in [4.69, 9.17) is 0 Å². The Balaban J connectivity index is 1.71. The Bertz CT molecular complexity index is 598. The Labute approximate surface area is 106 Å². The fourth-order valence-electron chi connectivity index (χ4n) is 2.09. The van der Waals surface area contributed by atoms with Crippen LogP contribution in [0.15, 0.2) is 23.2 Å². The largest absolute Gasteiger partial charge is 0.352 e. The second-order valence-corrected chi connectivity index (χ2v) is 4.79. The first-order valence-electron chi connectivity index (χ1n) is 6.21. The Morgan fingerprint density at radius 3 is 3.11 bits per heavy atom. The number of aryl methyl sites for hydroxylation is 1. The van der Waals surface area contributed by atoms with Crippen LogP contribution in [-0.4, -0.2) is 28.5 Å². The molecule has 0 radical (unpaired) electrons. The van der Waals surface area contributed by atoms with Gasteiger partial charge in [-0.05, 0) is 31.5 Å². The van der Waals surface area contributed by atoms with Crippen LogP contribution in [0.25, 0.3) is 11.0 Å². The number of guanidine groups is 1. The van der Waals surface area contributed by atoms with Crippen molar-refractivity contribution in [3.63, 3.8) is 0 Å². The van der Waals surface area contributed by atoms with Crippen LogP contribution in [0.1, 0.15) is 18.3 Å². The van der Waals surface area contributed by atoms with Gasteiger partial charge < -0.3 is 15.6 Å². The molecule has 94 valence electrons. The maximum Gasteiger partial charge on any atom is 0.191 e. The fraction of sp³-hybridized carbons (Fsp3) is 0.385. The number of aliphatic imine (C=N–C) groups is 1. The first kappa shape index (κ1) is 11.1. The topological polar surface area (TPSA) is 65.1 Å². The Morgan fingerprint density at radius 1 is 1.44 bits per heavy atom. The van der Waals surface area contributed by atoms with E-state index >= 15 is 0 Å². The summed E-state index contributed by atoms with van der Waals surface area (Å²) in [6.45, 7) is 5.69. The summed E-state index contributed by atoms with van der Waals surface area (Å²) in [4.78, 5) is 12.2. The van der Waals surface area contributed by atoms with E-state index in [1.165, 1.54) is 5.56 Å². The lowest BCUT2D eigenvalue weighted by Crippen LogP contribution is -2.37. The Morgan fingerprint density at radius 2 is 2.33 bits per heavy atom. The van der Waals surface area contributed by atoms with Crippen molar-refractivity contribution < 1.29 is 0 Å². The van der Waals surface area contributed by atoms with Gasteiger partial charge in [0, 0.05) is 6.04 Å². The van der Waals surface area contributed by atoms with Crippen LogP contribution < -0.4 is 10.6 Å². The lowest BCUT2D eigenvalue weighted by molar-refractivity contribution is 0.710. The molecule has 0 spiro atoms. The van der Waals surface area contributed by atoms with Gasteiger partial charge in [-0.3, -0.25) is 4.99 Å². The third-order valence-electron chi connectivity index (χ3n) is 3.02. The first-order valence-corrected chi connectivity index (χ1v) is 6.21. The zero-order valence-corrected chi connectivity index (χ0v) is 10.6. The average molecular weight is 243 g/mol. The number of hydrogen-bond donors (Lipinski definition) is 3. The number of nitrogens with zero attached hydrogens (tertiary/aromatic N) is 2. The molecule has 1 aliphatic rings. The molecule has 2 aromatic rings. The van der Waals surface area contributed by atoms with E-state index in [0.29, 0.717) is 12.6 Å². The zero-order chi connectivity index (χ0) is 12.5. The van der Waals surface area contributed by atoms with Gasteiger partial charge in [-0.15, -0.1) is 0 Å². The Kier molecular flexibility index (Phi) is 2.66. The molecular weight excluding hydrogens is 226 g/mol. The molecule has 0 saturated heterocycles. The van der Waals surface area contributed by atoms with Crippen molar-refractivity contribution in [2.45, 2.75) is 26.4 Å². The van der Waals surface area contributed by atoms with Gasteiger partial charge in [-0.1, -0.05) is 6.07 Å². The summed E-state index contributed by atoms with van der Waals surface area (Å²) in [6.07, 6.45) is 0. The van der Waals surface area contributed by atoms with E-state index < -0.39 is 0 Å². The summed E-state index contributed by atoms with van der Waals surface area (Å²) < 4.78 is 0. The third-order valence-corrected chi connectivity index (χ3v) is 3.02. The van der Waals surface area contributed by atoms with E-state index in [1.807, 2.05) is 6.07 Å². The van der Waals surface area contributed by atoms with Crippen LogP contribution in [0.4, 0.5) is 0 Å². The minimum absolute atomic E-state index is 0.422. The molecule has 5 heteroatoms. The lowest BCUT2D eigenvalue weighted by atomic mass is 10.2. The SMILES string of the molecule is Cc1ccc2nc(CNC3=NCC(C)N3)[nH]c2c1. The second-order valence-electron chi connectivity index (χ2n) is 4.79. The van der Waals surface area contributed by atoms with Crippen molar-refractivity contribution in [1.82, 2.24) is 20.6 Å². The van der Waals surface area contributed by atoms with Crippen LogP contribution in [0.5, 0.6) is 0 Å². The first-order chi connectivity index (χ1) is 8.70. The molecule has 1 aromatic carbocycles. The minimum atomic E-state index is 0.422. The molecule has 1 unspecified atom stereocenters. The van der Waals surface area contributed by atoms with Crippen LogP contribution in [0.3, 0.4) is 0 Å². The van der Waals surface area contributed by atoms with Crippen molar-refractivity contribution in [1.29, 1.82) is 0 Å². The van der Waals surface area contributed by atoms with Crippen molar-refractivity contribution in [3.8, 4) is 0 Å². The van der Waals surface area contributed by atoms with Gasteiger partial charge >= 0.3 is 0 Å². The van der Waals surface area contributed by atoms with Crippen molar-refractivity contribution >= 4 is 17.0 Å². The number of imidazole rings is 1. The highest BCUT2D eigenvalue weighted by atomic mass is 15.2. The molecule has 0 fully saturated rings. The third kappa shape index (κ3) is 2.16. The van der Waals surface area contributed by atoms with Crippen LogP contribution in [-0.2, 0) is 6.54 Å². The monoisotopic (exact) mass is 243 g/mol. The summed E-state index contributed by atoms with van der Waals surface area (Å²) in [5, 5.41) is 6.51. The normalized spacial score (nSPS) is 18.8. The summed E-state index contributed by atoms with van der Waals surface area (Å²) in [5.74, 6) is 1.79. The van der Waals surface area contributed by atoms with Gasteiger partial charge in [0.05, 0.1) is 24.1 Å². The number of rotatable bonds is 2. The van der Waals surface area contributed by atoms with Crippen molar-refractivity contribution in [2.24, 2.45) is 4.99 Å². The molecule has 3 N–H and O–H groups in total. The van der Waals surface area contributed by atoms with Gasteiger partial charge in [0.1, 0.15) is 5.82 Å². The van der Waals surface area contributed by atoms with E-state index in [-0.39, 0.29) is 0 Å². The number of aromatic nitrogens is 2. The lowest BCUT2D eigenvalue weighted by Gasteiger charge is -2.06. The van der Waals surface area contributed by atoms with E-state index in [2.05, 4.69) is 51.6 Å². The molecule has 3 rings (SSSR count). The van der Waals surface area contributed by atoms with E-state index in [9.17, 15) is 0 Å². The maximum atomic E-state index is 4.53. The van der Waals surface area contributed by atoms with Gasteiger partial charge in [0.25, 0.3) is 0 Å². The molecule has 1 aliphatic heterocycles. The van der Waals surface area contributed by atoms with Crippen molar-refractivity contribution in [3.05, 3.63) is 29.6 Å². The maximum absolute atomic E-state index is 4.53. The number of H-pyrrole nitrogens is 1. The molecule has 0 aliphatic carbocycles. The molecule has 1 aromatic heterocycles. The van der Waals surface area contributed by atoms with Gasteiger partial charge in [-0.25, -0.2) is 4.98 Å². The summed E-state index contributed by atoms with van der Waals surface area (Å²) in [5.41, 5.74) is 3.33. The highest BCUT2D eigenvalue weighted by Gasteiger charge is 2.12. The van der Waals surface area contributed by atoms with E-state index in [0.717, 1.165) is 29.4 Å². The minimum Gasteiger partial charge on any atom is -0.352 e. The Hall–Kier alpha value is -2.04. The molecule has 18 heavy (non-hydrogen) atoms. The predicted octanol–water partition coefficient (Wildman–Crippen LogP) is 1.31. The number of fused-ring (bicyclic) bond motifs is 1. The van der Waals surface area contributed by atoms with Crippen LogP contribution in [0, 0.1) is 6.92 Å². The molecule has 5 nitrogen and oxygen atoms in total. The highest BCUT2D eigenvalue weighted by molar-refractivity contribution is 5.81. The fourth-order valence-corrected chi connectivity index (χ4v) is 2.09. The number of aromatic amines is 1. The van der Waals surface area contributed by atoms with Gasteiger partial charge in [0.15, 0.2) is 5.96 Å².